The minimum Gasteiger partial charge on any atom is -0.494 e. The summed E-state index contributed by atoms with van der Waals surface area (Å²) in [7, 11) is 0. The second-order valence-corrected chi connectivity index (χ2v) is 4.97. The van der Waals surface area contributed by atoms with Gasteiger partial charge in [-0.25, -0.2) is 4.39 Å². The topological polar surface area (TPSA) is 49.8 Å². The second-order valence-electron chi connectivity index (χ2n) is 4.97. The number of aliphatic hydroxyl groups is 1. The summed E-state index contributed by atoms with van der Waals surface area (Å²) in [6, 6.07) is 5.81. The van der Waals surface area contributed by atoms with E-state index < -0.39 is 0 Å². The molecule has 1 aliphatic rings. The molecule has 1 aromatic rings. The molecule has 4 nitrogen and oxygen atoms in total. The van der Waals surface area contributed by atoms with Gasteiger partial charge in [0.1, 0.15) is 11.6 Å². The molecule has 0 aliphatic carbocycles. The minimum absolute atomic E-state index is 0.0134. The Morgan fingerprint density at radius 3 is 2.85 bits per heavy atom. The van der Waals surface area contributed by atoms with Crippen molar-refractivity contribution in [3.05, 3.63) is 30.1 Å². The van der Waals surface area contributed by atoms with Gasteiger partial charge in [-0.2, -0.15) is 0 Å². The van der Waals surface area contributed by atoms with Crippen LogP contribution < -0.4 is 4.74 Å². The molecule has 1 fully saturated rings. The Bertz CT molecular complexity index is 435. The third-order valence-corrected chi connectivity index (χ3v) is 3.53. The van der Waals surface area contributed by atoms with Crippen molar-refractivity contribution in [2.45, 2.75) is 31.7 Å². The van der Waals surface area contributed by atoms with Crippen LogP contribution >= 0.6 is 0 Å². The van der Waals surface area contributed by atoms with Gasteiger partial charge in [0, 0.05) is 13.0 Å². The molecule has 5 heteroatoms. The predicted octanol–water partition coefficient (Wildman–Crippen LogP) is 1.97. The van der Waals surface area contributed by atoms with E-state index >= 15 is 0 Å². The van der Waals surface area contributed by atoms with Crippen molar-refractivity contribution in [2.75, 3.05) is 19.8 Å². The van der Waals surface area contributed by atoms with Gasteiger partial charge < -0.3 is 14.7 Å². The fourth-order valence-corrected chi connectivity index (χ4v) is 2.44. The summed E-state index contributed by atoms with van der Waals surface area (Å²) in [5.41, 5.74) is 0. The van der Waals surface area contributed by atoms with Crippen molar-refractivity contribution in [1.82, 2.24) is 4.90 Å². The molecule has 1 N–H and O–H groups in total. The molecule has 0 unspecified atom stereocenters. The average molecular weight is 281 g/mol. The number of carbonyl (C=O) groups excluding carboxylic acids is 1. The lowest BCUT2D eigenvalue weighted by molar-refractivity contribution is -0.132. The molecule has 0 bridgehead atoms. The van der Waals surface area contributed by atoms with Crippen LogP contribution in [0.1, 0.15) is 25.7 Å². The van der Waals surface area contributed by atoms with Crippen LogP contribution in [0.3, 0.4) is 0 Å². The van der Waals surface area contributed by atoms with Crippen LogP contribution in [0.25, 0.3) is 0 Å². The third kappa shape index (κ3) is 3.93. The standard InChI is InChI=1S/C15H20FNO3/c16-12-5-7-14(8-6-12)20-10-2-4-15(19)17-9-1-3-13(17)11-18/h5-8,13,18H,1-4,9-11H2/t13-/m0/s1. The summed E-state index contributed by atoms with van der Waals surface area (Å²) in [4.78, 5) is 13.7. The van der Waals surface area contributed by atoms with Crippen molar-refractivity contribution in [3.63, 3.8) is 0 Å². The molecule has 1 heterocycles. The lowest BCUT2D eigenvalue weighted by atomic mass is 10.2. The zero-order valence-corrected chi connectivity index (χ0v) is 11.4. The van der Waals surface area contributed by atoms with Gasteiger partial charge in [0.25, 0.3) is 0 Å². The van der Waals surface area contributed by atoms with E-state index in [4.69, 9.17) is 4.74 Å². The van der Waals surface area contributed by atoms with Gasteiger partial charge in [-0.1, -0.05) is 0 Å². The van der Waals surface area contributed by atoms with E-state index in [9.17, 15) is 14.3 Å². The van der Waals surface area contributed by atoms with Gasteiger partial charge in [0.15, 0.2) is 0 Å². The first-order chi connectivity index (χ1) is 9.70. The largest absolute Gasteiger partial charge is 0.494 e. The lowest BCUT2D eigenvalue weighted by Crippen LogP contribution is -2.37. The monoisotopic (exact) mass is 281 g/mol. The first-order valence-electron chi connectivity index (χ1n) is 6.99. The quantitative estimate of drug-likeness (QED) is 0.811. The number of carbonyl (C=O) groups is 1. The molecule has 1 amide bonds. The Labute approximate surface area is 118 Å². The number of hydrogen-bond donors (Lipinski definition) is 1. The highest BCUT2D eigenvalue weighted by Crippen LogP contribution is 2.18. The Morgan fingerprint density at radius 2 is 2.15 bits per heavy atom. The number of benzene rings is 1. The van der Waals surface area contributed by atoms with E-state index in [1.165, 1.54) is 12.1 Å². The molecule has 2 rings (SSSR count). The number of amides is 1. The molecule has 0 saturated carbocycles. The van der Waals surface area contributed by atoms with Crippen LogP contribution in [0.2, 0.25) is 0 Å². The van der Waals surface area contributed by atoms with Gasteiger partial charge in [0.05, 0.1) is 19.3 Å². The summed E-state index contributed by atoms with van der Waals surface area (Å²) in [6.07, 6.45) is 2.87. The van der Waals surface area contributed by atoms with Crippen LogP contribution in [-0.2, 0) is 4.79 Å². The number of aliphatic hydroxyl groups excluding tert-OH is 1. The van der Waals surface area contributed by atoms with E-state index in [0.29, 0.717) is 25.2 Å². The summed E-state index contributed by atoms with van der Waals surface area (Å²) in [5, 5.41) is 9.18. The molecule has 1 saturated heterocycles. The maximum absolute atomic E-state index is 12.7. The van der Waals surface area contributed by atoms with Gasteiger partial charge >= 0.3 is 0 Å². The molecule has 0 aromatic heterocycles. The molecule has 1 aliphatic heterocycles. The molecular formula is C15H20FNO3. The second kappa shape index (κ2) is 7.24. The van der Waals surface area contributed by atoms with Crippen LogP contribution in [0.5, 0.6) is 5.75 Å². The SMILES string of the molecule is O=C(CCCOc1ccc(F)cc1)N1CCC[C@H]1CO. The third-order valence-electron chi connectivity index (χ3n) is 3.53. The van der Waals surface area contributed by atoms with Crippen molar-refractivity contribution >= 4 is 5.91 Å². The van der Waals surface area contributed by atoms with E-state index in [1.54, 1.807) is 17.0 Å². The number of likely N-dealkylation sites (tertiary alicyclic amines) is 1. The van der Waals surface area contributed by atoms with Crippen LogP contribution in [-0.4, -0.2) is 41.7 Å². The average Bonchev–Trinajstić information content (AvgIpc) is 2.94. The van der Waals surface area contributed by atoms with E-state index in [2.05, 4.69) is 0 Å². The zero-order chi connectivity index (χ0) is 14.4. The maximum Gasteiger partial charge on any atom is 0.223 e. The summed E-state index contributed by atoms with van der Waals surface area (Å²) < 4.78 is 18.1. The number of nitrogens with zero attached hydrogens (tertiary/aromatic N) is 1. The summed E-state index contributed by atoms with van der Waals surface area (Å²) in [6.45, 7) is 1.20. The molecule has 1 atom stereocenters. The Kier molecular flexibility index (Phi) is 5.35. The first-order valence-corrected chi connectivity index (χ1v) is 6.99. The van der Waals surface area contributed by atoms with Crippen LogP contribution in [0, 0.1) is 5.82 Å². The molecule has 1 aromatic carbocycles. The van der Waals surface area contributed by atoms with Crippen molar-refractivity contribution in [2.24, 2.45) is 0 Å². The smallest absolute Gasteiger partial charge is 0.223 e. The van der Waals surface area contributed by atoms with Crippen molar-refractivity contribution < 1.29 is 19.0 Å². The fraction of sp³-hybridized carbons (Fsp3) is 0.533. The van der Waals surface area contributed by atoms with Gasteiger partial charge in [-0.15, -0.1) is 0 Å². The van der Waals surface area contributed by atoms with Gasteiger partial charge in [-0.05, 0) is 43.5 Å². The molecule has 110 valence electrons. The normalized spacial score (nSPS) is 18.3. The van der Waals surface area contributed by atoms with E-state index in [-0.39, 0.29) is 24.4 Å². The van der Waals surface area contributed by atoms with E-state index in [0.717, 1.165) is 19.4 Å². The van der Waals surface area contributed by atoms with Crippen LogP contribution in [0.4, 0.5) is 4.39 Å². The number of ether oxygens (including phenoxy) is 1. The Morgan fingerprint density at radius 1 is 1.40 bits per heavy atom. The molecule has 0 radical (unpaired) electrons. The minimum atomic E-state index is -0.295. The summed E-state index contributed by atoms with van der Waals surface area (Å²) >= 11 is 0. The lowest BCUT2D eigenvalue weighted by Gasteiger charge is -2.22. The number of hydrogen-bond acceptors (Lipinski definition) is 3. The number of rotatable bonds is 6. The Hall–Kier alpha value is -1.62. The fourth-order valence-electron chi connectivity index (χ4n) is 2.44. The highest BCUT2D eigenvalue weighted by atomic mass is 19.1. The van der Waals surface area contributed by atoms with Gasteiger partial charge in [0.2, 0.25) is 5.91 Å². The Balaban J connectivity index is 1.68. The summed E-state index contributed by atoms with van der Waals surface area (Å²) in [5.74, 6) is 0.383. The van der Waals surface area contributed by atoms with Crippen molar-refractivity contribution in [3.8, 4) is 5.75 Å². The molecular weight excluding hydrogens is 261 g/mol. The zero-order valence-electron chi connectivity index (χ0n) is 11.4. The predicted molar refractivity (Wildman–Crippen MR) is 72.9 cm³/mol. The van der Waals surface area contributed by atoms with Gasteiger partial charge in [-0.3, -0.25) is 4.79 Å². The highest BCUT2D eigenvalue weighted by Gasteiger charge is 2.27. The maximum atomic E-state index is 12.7. The molecule has 0 spiro atoms. The molecule has 20 heavy (non-hydrogen) atoms. The van der Waals surface area contributed by atoms with E-state index in [1.807, 2.05) is 0 Å². The highest BCUT2D eigenvalue weighted by molar-refractivity contribution is 5.76. The van der Waals surface area contributed by atoms with Crippen molar-refractivity contribution in [1.29, 1.82) is 0 Å². The van der Waals surface area contributed by atoms with Crippen LogP contribution in [0.15, 0.2) is 24.3 Å². The first kappa shape index (κ1) is 14.8. The number of halogens is 1.